The Bertz CT molecular complexity index is 489. The number of nitrogens with one attached hydrogen (secondary N) is 2. The second-order valence-corrected chi connectivity index (χ2v) is 5.83. The topological polar surface area (TPSA) is 39.7 Å². The van der Waals surface area contributed by atoms with E-state index in [-0.39, 0.29) is 24.0 Å². The molecule has 0 amide bonds. The van der Waals surface area contributed by atoms with Gasteiger partial charge in [0.1, 0.15) is 0 Å². The van der Waals surface area contributed by atoms with Crippen LogP contribution >= 0.6 is 24.0 Å². The first-order chi connectivity index (χ1) is 10.2. The molecule has 0 bridgehead atoms. The van der Waals surface area contributed by atoms with Crippen molar-refractivity contribution >= 4 is 35.6 Å². The molecule has 124 valence electrons. The van der Waals surface area contributed by atoms with Crippen molar-refractivity contribution in [1.82, 2.24) is 10.6 Å². The highest BCUT2D eigenvalue weighted by Gasteiger charge is 2.22. The van der Waals surface area contributed by atoms with Crippen molar-refractivity contribution in [3.63, 3.8) is 0 Å². The third-order valence-electron chi connectivity index (χ3n) is 4.24. The highest BCUT2D eigenvalue weighted by Crippen LogP contribution is 2.28. The molecular weight excluding hydrogens is 387 g/mol. The molecule has 0 radical (unpaired) electrons. The minimum absolute atomic E-state index is 0. The number of benzene rings is 1. The van der Waals surface area contributed by atoms with Crippen LogP contribution in [0.25, 0.3) is 0 Å². The molecule has 2 unspecified atom stereocenters. The van der Waals surface area contributed by atoms with Crippen molar-refractivity contribution in [2.75, 3.05) is 25.0 Å². The molecular formula is C17H29IN4. The van der Waals surface area contributed by atoms with Gasteiger partial charge in [-0.3, -0.25) is 4.99 Å². The molecule has 1 heterocycles. The summed E-state index contributed by atoms with van der Waals surface area (Å²) >= 11 is 0. The van der Waals surface area contributed by atoms with Crippen molar-refractivity contribution in [2.24, 2.45) is 4.99 Å². The van der Waals surface area contributed by atoms with Crippen LogP contribution in [0.15, 0.2) is 29.3 Å². The van der Waals surface area contributed by atoms with Gasteiger partial charge in [0.05, 0.1) is 0 Å². The van der Waals surface area contributed by atoms with Crippen LogP contribution in [0.2, 0.25) is 0 Å². The molecule has 0 saturated heterocycles. The van der Waals surface area contributed by atoms with E-state index in [2.05, 4.69) is 65.6 Å². The van der Waals surface area contributed by atoms with Gasteiger partial charge in [0.2, 0.25) is 0 Å². The number of fused-ring (bicyclic) bond motifs is 1. The van der Waals surface area contributed by atoms with E-state index in [9.17, 15) is 0 Å². The zero-order valence-electron chi connectivity index (χ0n) is 14.1. The lowest BCUT2D eigenvalue weighted by Gasteiger charge is -2.28. The Morgan fingerprint density at radius 2 is 2.05 bits per heavy atom. The first-order valence-electron chi connectivity index (χ1n) is 7.97. The number of rotatable bonds is 5. The molecule has 1 aliphatic heterocycles. The minimum Gasteiger partial charge on any atom is -0.366 e. The zero-order chi connectivity index (χ0) is 15.2. The number of hydrogen-bond donors (Lipinski definition) is 2. The summed E-state index contributed by atoms with van der Waals surface area (Å²) in [6, 6.07) is 9.61. The Morgan fingerprint density at radius 3 is 2.73 bits per heavy atom. The number of anilines is 1. The van der Waals surface area contributed by atoms with Crippen molar-refractivity contribution in [3.8, 4) is 0 Å². The standard InChI is InChI=1S/C17H28N4.HI/c1-5-13(2)20-17(18-4)19-12-14(3)21-11-10-15-8-6-7-9-16(15)21;/h6-9,13-14H,5,10-12H2,1-4H3,(H2,18,19,20);1H. The molecule has 22 heavy (non-hydrogen) atoms. The summed E-state index contributed by atoms with van der Waals surface area (Å²) in [5, 5.41) is 6.84. The van der Waals surface area contributed by atoms with Crippen LogP contribution in [-0.4, -0.2) is 38.2 Å². The fourth-order valence-electron chi connectivity index (χ4n) is 2.71. The smallest absolute Gasteiger partial charge is 0.191 e. The van der Waals surface area contributed by atoms with Crippen molar-refractivity contribution in [2.45, 2.75) is 45.7 Å². The maximum Gasteiger partial charge on any atom is 0.191 e. The lowest BCUT2D eigenvalue weighted by atomic mass is 10.2. The summed E-state index contributed by atoms with van der Waals surface area (Å²) in [4.78, 5) is 6.78. The van der Waals surface area contributed by atoms with Crippen LogP contribution in [0, 0.1) is 0 Å². The first-order valence-corrected chi connectivity index (χ1v) is 7.97. The van der Waals surface area contributed by atoms with Crippen LogP contribution < -0.4 is 15.5 Å². The van der Waals surface area contributed by atoms with Gasteiger partial charge < -0.3 is 15.5 Å². The minimum atomic E-state index is 0. The maximum absolute atomic E-state index is 4.29. The molecule has 5 heteroatoms. The predicted octanol–water partition coefficient (Wildman–Crippen LogP) is 3.02. The van der Waals surface area contributed by atoms with Gasteiger partial charge >= 0.3 is 0 Å². The molecule has 0 fully saturated rings. The van der Waals surface area contributed by atoms with Gasteiger partial charge in [0.25, 0.3) is 0 Å². The second-order valence-electron chi connectivity index (χ2n) is 5.83. The van der Waals surface area contributed by atoms with E-state index in [0.717, 1.165) is 31.9 Å². The molecule has 2 rings (SSSR count). The molecule has 0 spiro atoms. The quantitative estimate of drug-likeness (QED) is 0.441. The van der Waals surface area contributed by atoms with Crippen LogP contribution in [0.4, 0.5) is 5.69 Å². The van der Waals surface area contributed by atoms with Crippen molar-refractivity contribution < 1.29 is 0 Å². The average Bonchev–Trinajstić information content (AvgIpc) is 2.94. The SMILES string of the molecule is CCC(C)NC(=NC)NCC(C)N1CCc2ccccc21.I. The molecule has 2 atom stereocenters. The number of guanidine groups is 1. The summed E-state index contributed by atoms with van der Waals surface area (Å²) in [6.07, 6.45) is 2.25. The van der Waals surface area contributed by atoms with Gasteiger partial charge in [-0.2, -0.15) is 0 Å². The number of hydrogen-bond acceptors (Lipinski definition) is 2. The first kappa shape index (κ1) is 19.1. The summed E-state index contributed by atoms with van der Waals surface area (Å²) in [6.45, 7) is 8.62. The monoisotopic (exact) mass is 416 g/mol. The number of para-hydroxylation sites is 1. The predicted molar refractivity (Wildman–Crippen MR) is 107 cm³/mol. The zero-order valence-corrected chi connectivity index (χ0v) is 16.4. The third-order valence-corrected chi connectivity index (χ3v) is 4.24. The number of aliphatic imine (C=N–C) groups is 1. The molecule has 1 aromatic carbocycles. The van der Waals surface area contributed by atoms with Gasteiger partial charge in [0, 0.05) is 37.9 Å². The second kappa shape index (κ2) is 9.22. The van der Waals surface area contributed by atoms with Crippen LogP contribution in [0.5, 0.6) is 0 Å². The Morgan fingerprint density at radius 1 is 1.32 bits per heavy atom. The normalized spacial score (nSPS) is 16.5. The molecule has 0 aliphatic carbocycles. The number of halogens is 1. The van der Waals surface area contributed by atoms with Crippen molar-refractivity contribution in [3.05, 3.63) is 29.8 Å². The van der Waals surface area contributed by atoms with Crippen molar-refractivity contribution in [1.29, 1.82) is 0 Å². The van der Waals surface area contributed by atoms with Gasteiger partial charge in [-0.1, -0.05) is 25.1 Å². The van der Waals surface area contributed by atoms with E-state index in [1.807, 2.05) is 7.05 Å². The van der Waals surface area contributed by atoms with E-state index in [1.165, 1.54) is 11.3 Å². The molecule has 1 aromatic rings. The summed E-state index contributed by atoms with van der Waals surface area (Å²) in [5.74, 6) is 0.892. The van der Waals surface area contributed by atoms with Crippen LogP contribution in [0.1, 0.15) is 32.8 Å². The Hall–Kier alpha value is -0.980. The molecule has 0 aromatic heterocycles. The fourth-order valence-corrected chi connectivity index (χ4v) is 2.71. The highest BCUT2D eigenvalue weighted by atomic mass is 127. The lowest BCUT2D eigenvalue weighted by molar-refractivity contribution is 0.596. The largest absolute Gasteiger partial charge is 0.366 e. The van der Waals surface area contributed by atoms with E-state index in [4.69, 9.17) is 0 Å². The Labute approximate surface area is 151 Å². The Kier molecular flexibility index (Phi) is 8.00. The van der Waals surface area contributed by atoms with Gasteiger partial charge in [0.15, 0.2) is 5.96 Å². The van der Waals surface area contributed by atoms with E-state index in [0.29, 0.717) is 12.1 Å². The lowest BCUT2D eigenvalue weighted by Crippen LogP contribution is -2.47. The molecule has 1 aliphatic rings. The average molecular weight is 416 g/mol. The molecule has 4 nitrogen and oxygen atoms in total. The molecule has 2 N–H and O–H groups in total. The maximum atomic E-state index is 4.29. The highest BCUT2D eigenvalue weighted by molar-refractivity contribution is 14.0. The molecule has 0 saturated carbocycles. The summed E-state index contributed by atoms with van der Waals surface area (Å²) in [7, 11) is 1.83. The van der Waals surface area contributed by atoms with Crippen LogP contribution in [-0.2, 0) is 6.42 Å². The van der Waals surface area contributed by atoms with Gasteiger partial charge in [-0.15, -0.1) is 24.0 Å². The van der Waals surface area contributed by atoms with E-state index in [1.54, 1.807) is 0 Å². The van der Waals surface area contributed by atoms with E-state index < -0.39 is 0 Å². The van der Waals surface area contributed by atoms with Crippen LogP contribution in [0.3, 0.4) is 0 Å². The Balaban J connectivity index is 0.00000242. The van der Waals surface area contributed by atoms with Gasteiger partial charge in [-0.05, 0) is 38.3 Å². The summed E-state index contributed by atoms with van der Waals surface area (Å²) in [5.41, 5.74) is 2.85. The van der Waals surface area contributed by atoms with E-state index >= 15 is 0 Å². The summed E-state index contributed by atoms with van der Waals surface area (Å²) < 4.78 is 0. The third kappa shape index (κ3) is 4.76. The number of nitrogens with zero attached hydrogens (tertiary/aromatic N) is 2. The van der Waals surface area contributed by atoms with Gasteiger partial charge in [-0.25, -0.2) is 0 Å². The fraction of sp³-hybridized carbons (Fsp3) is 0.588.